The maximum absolute atomic E-state index is 13.4. The molecular formula is C24H22ClFN4. The minimum absolute atomic E-state index is 0.0935. The Balaban J connectivity index is 1.52. The minimum Gasteiger partial charge on any atom is -0.398 e. The third-order valence-corrected chi connectivity index (χ3v) is 5.40. The van der Waals surface area contributed by atoms with E-state index >= 15 is 0 Å². The number of nitrogens with zero attached hydrogens (tertiary/aromatic N) is 2. The van der Waals surface area contributed by atoms with E-state index < -0.39 is 5.82 Å². The van der Waals surface area contributed by atoms with E-state index in [2.05, 4.69) is 39.1 Å². The molecule has 6 heteroatoms. The number of rotatable bonds is 6. The molecule has 0 saturated carbocycles. The number of nitrogens with one attached hydrogen (secondary N) is 1. The van der Waals surface area contributed by atoms with Gasteiger partial charge in [-0.25, -0.2) is 9.37 Å². The highest BCUT2D eigenvalue weighted by Gasteiger charge is 2.11. The third kappa shape index (κ3) is 4.31. The average Bonchev–Trinajstić information content (AvgIpc) is 3.10. The molecule has 0 aliphatic rings. The van der Waals surface area contributed by atoms with Crippen molar-refractivity contribution in [3.05, 3.63) is 101 Å². The summed E-state index contributed by atoms with van der Waals surface area (Å²) in [5.41, 5.74) is 12.1. The fourth-order valence-corrected chi connectivity index (χ4v) is 3.57. The molecule has 4 rings (SSSR count). The third-order valence-electron chi connectivity index (χ3n) is 5.11. The van der Waals surface area contributed by atoms with E-state index in [0.29, 0.717) is 13.1 Å². The Morgan fingerprint density at radius 1 is 1.03 bits per heavy atom. The second-order valence-electron chi connectivity index (χ2n) is 7.14. The summed E-state index contributed by atoms with van der Waals surface area (Å²) in [5.74, 6) is 0.466. The lowest BCUT2D eigenvalue weighted by Crippen LogP contribution is -2.11. The summed E-state index contributed by atoms with van der Waals surface area (Å²) in [7, 11) is 0. The second kappa shape index (κ2) is 8.59. The van der Waals surface area contributed by atoms with Crippen molar-refractivity contribution < 1.29 is 4.39 Å². The van der Waals surface area contributed by atoms with Gasteiger partial charge in [0.1, 0.15) is 11.6 Å². The zero-order valence-electron chi connectivity index (χ0n) is 16.6. The molecule has 4 aromatic rings. The monoisotopic (exact) mass is 420 g/mol. The number of nitrogen functional groups attached to an aromatic ring is 1. The molecule has 0 fully saturated rings. The zero-order valence-corrected chi connectivity index (χ0v) is 17.3. The number of anilines is 2. The van der Waals surface area contributed by atoms with Crippen LogP contribution in [0.1, 0.15) is 17.1 Å². The van der Waals surface area contributed by atoms with Crippen molar-refractivity contribution in [2.75, 3.05) is 11.1 Å². The first-order chi connectivity index (χ1) is 14.5. The molecule has 0 saturated heterocycles. The summed E-state index contributed by atoms with van der Waals surface area (Å²) in [5, 5.41) is 3.36. The molecule has 0 spiro atoms. The summed E-state index contributed by atoms with van der Waals surface area (Å²) >= 11 is 5.87. The first-order valence-corrected chi connectivity index (χ1v) is 10.0. The van der Waals surface area contributed by atoms with Crippen LogP contribution in [0.3, 0.4) is 0 Å². The minimum atomic E-state index is -0.433. The molecule has 3 aromatic carbocycles. The van der Waals surface area contributed by atoms with Gasteiger partial charge in [0, 0.05) is 11.4 Å². The summed E-state index contributed by atoms with van der Waals surface area (Å²) < 4.78 is 15.5. The summed E-state index contributed by atoms with van der Waals surface area (Å²) in [6.07, 6.45) is 1.84. The number of imidazole rings is 1. The number of aryl methyl sites for hydroxylation is 1. The van der Waals surface area contributed by atoms with Crippen molar-refractivity contribution in [3.63, 3.8) is 0 Å². The van der Waals surface area contributed by atoms with Crippen LogP contribution >= 0.6 is 11.6 Å². The van der Waals surface area contributed by atoms with E-state index in [1.54, 1.807) is 12.1 Å². The Morgan fingerprint density at radius 3 is 2.57 bits per heavy atom. The second-order valence-corrected chi connectivity index (χ2v) is 7.55. The van der Waals surface area contributed by atoms with Gasteiger partial charge in [-0.05, 0) is 47.9 Å². The number of halogens is 2. The average molecular weight is 421 g/mol. The molecule has 4 nitrogen and oxygen atoms in total. The molecule has 0 radical (unpaired) electrons. The molecule has 0 aliphatic heterocycles. The van der Waals surface area contributed by atoms with Crippen molar-refractivity contribution in [2.45, 2.75) is 20.0 Å². The quantitative estimate of drug-likeness (QED) is 0.382. The highest BCUT2D eigenvalue weighted by Crippen LogP contribution is 2.25. The van der Waals surface area contributed by atoms with Crippen molar-refractivity contribution in [2.24, 2.45) is 0 Å². The molecule has 152 valence electrons. The Labute approximate surface area is 180 Å². The number of hydrogen-bond acceptors (Lipinski definition) is 3. The lowest BCUT2D eigenvalue weighted by molar-refractivity contribution is 0.628. The Morgan fingerprint density at radius 2 is 1.83 bits per heavy atom. The lowest BCUT2D eigenvalue weighted by atomic mass is 10.0. The van der Waals surface area contributed by atoms with E-state index in [4.69, 9.17) is 17.3 Å². The zero-order chi connectivity index (χ0) is 21.1. The van der Waals surface area contributed by atoms with Gasteiger partial charge in [-0.3, -0.25) is 0 Å². The predicted molar refractivity (Wildman–Crippen MR) is 121 cm³/mol. The largest absolute Gasteiger partial charge is 0.398 e. The summed E-state index contributed by atoms with van der Waals surface area (Å²) in [4.78, 5) is 4.45. The van der Waals surface area contributed by atoms with E-state index in [0.717, 1.165) is 39.6 Å². The predicted octanol–water partition coefficient (Wildman–Crippen LogP) is 5.89. The highest BCUT2D eigenvalue weighted by molar-refractivity contribution is 6.31. The molecule has 0 unspecified atom stereocenters. The lowest BCUT2D eigenvalue weighted by Gasteiger charge is -2.14. The van der Waals surface area contributed by atoms with Crippen LogP contribution < -0.4 is 11.1 Å². The van der Waals surface area contributed by atoms with Crippen LogP contribution in [0.25, 0.3) is 11.1 Å². The smallest absolute Gasteiger partial charge is 0.141 e. The highest BCUT2D eigenvalue weighted by atomic mass is 35.5. The Bertz CT molecular complexity index is 1170. The van der Waals surface area contributed by atoms with Crippen molar-refractivity contribution in [1.29, 1.82) is 0 Å². The van der Waals surface area contributed by atoms with Crippen LogP contribution in [-0.2, 0) is 13.1 Å². The molecule has 0 bridgehead atoms. The van der Waals surface area contributed by atoms with Crippen LogP contribution in [-0.4, -0.2) is 9.55 Å². The Kier molecular flexibility index (Phi) is 5.72. The molecule has 3 N–H and O–H groups in total. The SMILES string of the molecule is Cc1ncc(CNc2ccc(F)c(Cl)c2)n1Cc1ccc(-c2ccccc2)cc1N. The van der Waals surface area contributed by atoms with Gasteiger partial charge in [0.25, 0.3) is 0 Å². The van der Waals surface area contributed by atoms with Gasteiger partial charge >= 0.3 is 0 Å². The van der Waals surface area contributed by atoms with E-state index in [1.807, 2.05) is 37.4 Å². The number of hydrogen-bond donors (Lipinski definition) is 2. The number of benzene rings is 3. The normalized spacial score (nSPS) is 10.9. The summed E-state index contributed by atoms with van der Waals surface area (Å²) in [6, 6.07) is 20.9. The van der Waals surface area contributed by atoms with E-state index in [-0.39, 0.29) is 5.02 Å². The molecule has 0 amide bonds. The van der Waals surface area contributed by atoms with Gasteiger partial charge < -0.3 is 15.6 Å². The molecule has 30 heavy (non-hydrogen) atoms. The van der Waals surface area contributed by atoms with Gasteiger partial charge in [-0.1, -0.05) is 54.1 Å². The van der Waals surface area contributed by atoms with Crippen LogP contribution in [0.15, 0.2) is 72.9 Å². The summed E-state index contributed by atoms with van der Waals surface area (Å²) in [6.45, 7) is 3.12. The topological polar surface area (TPSA) is 55.9 Å². The first kappa shape index (κ1) is 20.0. The van der Waals surface area contributed by atoms with Crippen LogP contribution in [0.4, 0.5) is 15.8 Å². The van der Waals surface area contributed by atoms with Crippen molar-refractivity contribution >= 4 is 23.0 Å². The Hall–Kier alpha value is -3.31. The van der Waals surface area contributed by atoms with E-state index in [1.165, 1.54) is 6.07 Å². The van der Waals surface area contributed by atoms with E-state index in [9.17, 15) is 4.39 Å². The van der Waals surface area contributed by atoms with Gasteiger partial charge in [-0.15, -0.1) is 0 Å². The molecule has 1 aromatic heterocycles. The van der Waals surface area contributed by atoms with Crippen molar-refractivity contribution in [3.8, 4) is 11.1 Å². The van der Waals surface area contributed by atoms with Crippen LogP contribution in [0.2, 0.25) is 5.02 Å². The number of nitrogens with two attached hydrogens (primary N) is 1. The van der Waals surface area contributed by atoms with Gasteiger partial charge in [-0.2, -0.15) is 0 Å². The molecule has 0 atom stereocenters. The fraction of sp³-hybridized carbons (Fsp3) is 0.125. The van der Waals surface area contributed by atoms with Gasteiger partial charge in [0.05, 0.1) is 30.0 Å². The van der Waals surface area contributed by atoms with Gasteiger partial charge in [0.2, 0.25) is 0 Å². The standard InChI is InChI=1S/C24H22ClFN4/c1-16-28-13-21(14-29-20-9-10-23(26)22(25)12-20)30(16)15-19-8-7-18(11-24(19)27)17-5-3-2-4-6-17/h2-13,29H,14-15,27H2,1H3. The van der Waals surface area contributed by atoms with Crippen LogP contribution in [0, 0.1) is 12.7 Å². The van der Waals surface area contributed by atoms with Gasteiger partial charge in [0.15, 0.2) is 0 Å². The maximum Gasteiger partial charge on any atom is 0.141 e. The fourth-order valence-electron chi connectivity index (χ4n) is 3.39. The van der Waals surface area contributed by atoms with Crippen LogP contribution in [0.5, 0.6) is 0 Å². The number of aromatic nitrogens is 2. The molecular weight excluding hydrogens is 399 g/mol. The molecule has 1 heterocycles. The maximum atomic E-state index is 13.4. The first-order valence-electron chi connectivity index (χ1n) is 9.65. The molecule has 0 aliphatic carbocycles. The van der Waals surface area contributed by atoms with Crippen molar-refractivity contribution in [1.82, 2.24) is 9.55 Å².